The van der Waals surface area contributed by atoms with Crippen molar-refractivity contribution in [2.45, 2.75) is 141 Å². The van der Waals surface area contributed by atoms with Crippen LogP contribution in [0.4, 0.5) is 0 Å². The number of carbonyl (C=O) groups is 1. The lowest BCUT2D eigenvalue weighted by atomic mass is 10.1. The van der Waals surface area contributed by atoms with Crippen LogP contribution in [0.3, 0.4) is 0 Å². The molecule has 0 spiro atoms. The van der Waals surface area contributed by atoms with E-state index in [1.807, 2.05) is 12.2 Å². The fraction of sp³-hybridized carbons (Fsp3) is 0.759. The third kappa shape index (κ3) is 10.6. The van der Waals surface area contributed by atoms with Crippen molar-refractivity contribution in [3.8, 4) is 0 Å². The lowest BCUT2D eigenvalue weighted by Gasteiger charge is -2.33. The lowest BCUT2D eigenvalue weighted by molar-refractivity contribution is -0.156. The van der Waals surface area contributed by atoms with E-state index in [4.69, 9.17) is 13.9 Å². The fourth-order valence-electron chi connectivity index (χ4n) is 4.75. The van der Waals surface area contributed by atoms with Gasteiger partial charge in [0.1, 0.15) is 12.2 Å². The molecule has 1 saturated heterocycles. The maximum atomic E-state index is 13.2. The number of epoxide rings is 1. The van der Waals surface area contributed by atoms with Crippen molar-refractivity contribution in [2.75, 3.05) is 0 Å². The summed E-state index contributed by atoms with van der Waals surface area (Å²) in [5.41, 5.74) is 0. The molecule has 0 aromatic carbocycles. The number of ether oxygens (including phenoxy) is 2. The summed E-state index contributed by atoms with van der Waals surface area (Å²) in [6, 6.07) is 3.14. The van der Waals surface area contributed by atoms with E-state index in [-0.39, 0.29) is 12.1 Å². The molecule has 5 heteroatoms. The van der Waals surface area contributed by atoms with E-state index in [2.05, 4.69) is 52.0 Å². The van der Waals surface area contributed by atoms with E-state index in [1.54, 1.807) is 0 Å². The first-order valence-corrected chi connectivity index (χ1v) is 16.6. The van der Waals surface area contributed by atoms with Crippen LogP contribution in [0.2, 0.25) is 18.1 Å². The summed E-state index contributed by atoms with van der Waals surface area (Å²) in [6.45, 7) is 8.86. The Morgan fingerprint density at radius 2 is 1.76 bits per heavy atom. The number of hydrogen-bond acceptors (Lipinski definition) is 4. The summed E-state index contributed by atoms with van der Waals surface area (Å²) in [7, 11) is -1.87. The number of allylic oxidation sites excluding steroid dienone is 4. The Kier molecular flexibility index (Phi) is 14.1. The molecule has 4 atom stereocenters. The van der Waals surface area contributed by atoms with Gasteiger partial charge in [-0.25, -0.2) is 4.79 Å². The van der Waals surface area contributed by atoms with Gasteiger partial charge >= 0.3 is 5.97 Å². The molecule has 2 aliphatic rings. The Morgan fingerprint density at radius 3 is 2.50 bits per heavy atom. The first-order chi connectivity index (χ1) is 16.6. The lowest BCUT2D eigenvalue weighted by Crippen LogP contribution is -2.44. The highest BCUT2D eigenvalue weighted by atomic mass is 28.4. The van der Waals surface area contributed by atoms with Gasteiger partial charge in [0.25, 0.3) is 0 Å². The van der Waals surface area contributed by atoms with Crippen LogP contribution < -0.4 is 0 Å². The number of carbonyl (C=O) groups excluding carboxylic acids is 1. The Morgan fingerprint density at radius 1 is 1.00 bits per heavy atom. The minimum absolute atomic E-state index is 0.177. The zero-order valence-electron chi connectivity index (χ0n) is 22.3. The fourth-order valence-corrected chi connectivity index (χ4v) is 7.57. The molecule has 2 aliphatic heterocycles. The molecule has 0 radical (unpaired) electrons. The summed E-state index contributed by atoms with van der Waals surface area (Å²) in [5.74, 6) is -0.177. The Balaban J connectivity index is 1.91. The maximum Gasteiger partial charge on any atom is 0.334 e. The number of esters is 1. The van der Waals surface area contributed by atoms with Crippen LogP contribution in [-0.2, 0) is 18.7 Å². The maximum absolute atomic E-state index is 13.2. The van der Waals surface area contributed by atoms with Crippen molar-refractivity contribution in [1.29, 1.82) is 0 Å². The third-order valence-corrected chi connectivity index (χ3v) is 12.1. The highest BCUT2D eigenvalue weighted by Gasteiger charge is 2.37. The number of rotatable bonds is 13. The van der Waals surface area contributed by atoms with Gasteiger partial charge in [-0.3, -0.25) is 0 Å². The van der Waals surface area contributed by atoms with Crippen LogP contribution >= 0.6 is 0 Å². The molecule has 0 aromatic heterocycles. The zero-order valence-corrected chi connectivity index (χ0v) is 23.3. The largest absolute Gasteiger partial charge is 0.456 e. The normalized spacial score (nSPS) is 27.9. The highest BCUT2D eigenvalue weighted by Crippen LogP contribution is 2.31. The van der Waals surface area contributed by atoms with Gasteiger partial charge in [0.2, 0.25) is 0 Å². The summed E-state index contributed by atoms with van der Waals surface area (Å²) < 4.78 is 18.3. The summed E-state index contributed by atoms with van der Waals surface area (Å²) in [4.78, 5) is 13.2. The van der Waals surface area contributed by atoms with E-state index in [0.29, 0.717) is 12.2 Å². The molecule has 0 saturated carbocycles. The van der Waals surface area contributed by atoms with E-state index < -0.39 is 14.4 Å². The van der Waals surface area contributed by atoms with Crippen LogP contribution in [0.1, 0.15) is 98.3 Å². The Labute approximate surface area is 210 Å². The molecule has 0 aromatic rings. The summed E-state index contributed by atoms with van der Waals surface area (Å²) in [6.07, 6.45) is 24.7. The smallest absolute Gasteiger partial charge is 0.334 e. The SMILES string of the molecule is CCCCC1OC1CCC=CC=CC1C/C=C\CCCCCC(O[Si](CC)(CC)CC)C(=O)O1. The van der Waals surface area contributed by atoms with Gasteiger partial charge in [-0.2, -0.15) is 0 Å². The second-order valence-electron chi connectivity index (χ2n) is 9.92. The average Bonchev–Trinajstić information content (AvgIpc) is 3.60. The molecule has 0 amide bonds. The molecular weight excluding hydrogens is 440 g/mol. The Bertz CT molecular complexity index is 644. The number of cyclic esters (lactones) is 1. The second kappa shape index (κ2) is 16.5. The monoisotopic (exact) mass is 490 g/mol. The molecule has 34 heavy (non-hydrogen) atoms. The Hall–Kier alpha value is -1.17. The van der Waals surface area contributed by atoms with Crippen LogP contribution in [0.15, 0.2) is 36.5 Å². The van der Waals surface area contributed by atoms with Crippen LogP contribution in [0.5, 0.6) is 0 Å². The summed E-state index contributed by atoms with van der Waals surface area (Å²) >= 11 is 0. The van der Waals surface area contributed by atoms with Gasteiger partial charge < -0.3 is 13.9 Å². The van der Waals surface area contributed by atoms with Crippen LogP contribution in [0.25, 0.3) is 0 Å². The van der Waals surface area contributed by atoms with E-state index in [9.17, 15) is 4.79 Å². The van der Waals surface area contributed by atoms with Crippen LogP contribution in [0, 0.1) is 0 Å². The van der Waals surface area contributed by atoms with Crippen LogP contribution in [-0.4, -0.2) is 38.7 Å². The van der Waals surface area contributed by atoms with Gasteiger partial charge in [0.05, 0.1) is 12.2 Å². The topological polar surface area (TPSA) is 48.1 Å². The number of hydrogen-bond donors (Lipinski definition) is 0. The molecule has 0 N–H and O–H groups in total. The standard InChI is InChI=1S/C29H50O4Si/c1-5-9-22-26-27(32-26)23-18-15-14-17-21-25-20-16-12-10-11-13-19-24-28(29(30)31-25)33-34(6-2,7-3)8-4/h12,14-17,21,25-28H,5-11,13,18-20,22-24H2,1-4H3/b15-14?,16-12-,21-17?. The van der Waals surface area contributed by atoms with Gasteiger partial charge in [-0.15, -0.1) is 0 Å². The summed E-state index contributed by atoms with van der Waals surface area (Å²) in [5, 5.41) is 0. The molecule has 0 aliphatic carbocycles. The molecule has 4 nitrogen and oxygen atoms in total. The van der Waals surface area contributed by atoms with Crippen molar-refractivity contribution in [3.05, 3.63) is 36.5 Å². The molecule has 2 heterocycles. The molecular formula is C29H50O4Si. The van der Waals surface area contributed by atoms with Crippen molar-refractivity contribution in [2.24, 2.45) is 0 Å². The van der Waals surface area contributed by atoms with E-state index >= 15 is 0 Å². The van der Waals surface area contributed by atoms with Gasteiger partial charge in [0.15, 0.2) is 8.32 Å². The van der Waals surface area contributed by atoms with Crippen molar-refractivity contribution >= 4 is 14.3 Å². The minimum Gasteiger partial charge on any atom is -0.456 e. The average molecular weight is 491 g/mol. The predicted octanol–water partition coefficient (Wildman–Crippen LogP) is 8.05. The van der Waals surface area contributed by atoms with E-state index in [0.717, 1.165) is 63.1 Å². The predicted molar refractivity (Wildman–Crippen MR) is 144 cm³/mol. The third-order valence-electron chi connectivity index (χ3n) is 7.45. The molecule has 194 valence electrons. The second-order valence-corrected chi connectivity index (χ2v) is 14.6. The molecule has 4 unspecified atom stereocenters. The first-order valence-electron chi connectivity index (χ1n) is 14.1. The van der Waals surface area contributed by atoms with Gasteiger partial charge in [-0.05, 0) is 62.7 Å². The highest BCUT2D eigenvalue weighted by molar-refractivity contribution is 6.73. The molecule has 1 fully saturated rings. The first kappa shape index (κ1) is 29.1. The zero-order chi connectivity index (χ0) is 24.7. The van der Waals surface area contributed by atoms with Crippen molar-refractivity contribution in [1.82, 2.24) is 0 Å². The molecule has 2 rings (SSSR count). The van der Waals surface area contributed by atoms with Gasteiger partial charge in [-0.1, -0.05) is 83.8 Å². The van der Waals surface area contributed by atoms with Crippen molar-refractivity contribution in [3.63, 3.8) is 0 Å². The van der Waals surface area contributed by atoms with Gasteiger partial charge in [0, 0.05) is 6.42 Å². The minimum atomic E-state index is -1.87. The quantitative estimate of drug-likeness (QED) is 0.0861. The number of unbranched alkanes of at least 4 members (excludes halogenated alkanes) is 1. The molecule has 0 bridgehead atoms. The van der Waals surface area contributed by atoms with E-state index in [1.165, 1.54) is 25.7 Å². The van der Waals surface area contributed by atoms with Crippen molar-refractivity contribution < 1.29 is 18.7 Å².